The molecular formula is C23H29N3O2. The second-order valence-electron chi connectivity index (χ2n) is 7.80. The molecule has 2 aromatic carbocycles. The largest absolute Gasteiger partial charge is 0.338 e. The summed E-state index contributed by atoms with van der Waals surface area (Å²) in [5.74, 6) is 0.480. The van der Waals surface area contributed by atoms with Gasteiger partial charge in [0, 0.05) is 36.8 Å². The van der Waals surface area contributed by atoms with Gasteiger partial charge in [0.1, 0.15) is 0 Å². The van der Waals surface area contributed by atoms with Crippen LogP contribution in [0.4, 0.5) is 5.69 Å². The molecule has 0 aliphatic carbocycles. The Balaban J connectivity index is 1.62. The molecule has 1 aliphatic heterocycles. The van der Waals surface area contributed by atoms with E-state index in [0.29, 0.717) is 17.2 Å². The number of carbonyl (C=O) groups is 2. The highest BCUT2D eigenvalue weighted by atomic mass is 16.2. The van der Waals surface area contributed by atoms with E-state index in [-0.39, 0.29) is 24.3 Å². The first kappa shape index (κ1) is 20.1. The van der Waals surface area contributed by atoms with Crippen molar-refractivity contribution < 1.29 is 9.59 Å². The van der Waals surface area contributed by atoms with Crippen LogP contribution >= 0.6 is 0 Å². The molecule has 28 heavy (non-hydrogen) atoms. The molecule has 0 radical (unpaired) electrons. The molecule has 1 saturated heterocycles. The monoisotopic (exact) mass is 379 g/mol. The Labute approximate surface area is 166 Å². The third-order valence-electron chi connectivity index (χ3n) is 5.32. The van der Waals surface area contributed by atoms with Gasteiger partial charge in [-0.2, -0.15) is 0 Å². The molecule has 1 aliphatic rings. The number of benzene rings is 2. The van der Waals surface area contributed by atoms with Crippen molar-refractivity contribution in [1.82, 2.24) is 4.90 Å². The standard InChI is InChI=1S/C23H29N3O2/c1-16-7-6-12-26(15-16)23(28)19-10-11-21(17(2)13-19)25-22(27)14-20(24)18-8-4-3-5-9-18/h3-5,8-11,13,16,20H,6-7,12,14-15,24H2,1-2H3,(H,25,27). The summed E-state index contributed by atoms with van der Waals surface area (Å²) in [4.78, 5) is 27.1. The molecule has 3 N–H and O–H groups in total. The predicted molar refractivity (Wildman–Crippen MR) is 112 cm³/mol. The Bertz CT molecular complexity index is 835. The van der Waals surface area contributed by atoms with Gasteiger partial charge in [0.15, 0.2) is 0 Å². The second-order valence-corrected chi connectivity index (χ2v) is 7.80. The minimum atomic E-state index is -0.344. The van der Waals surface area contributed by atoms with Crippen molar-refractivity contribution in [3.63, 3.8) is 0 Å². The Hall–Kier alpha value is -2.66. The summed E-state index contributed by atoms with van der Waals surface area (Å²) in [6.07, 6.45) is 2.44. The molecule has 0 bridgehead atoms. The van der Waals surface area contributed by atoms with Gasteiger partial charge in [0.25, 0.3) is 5.91 Å². The third kappa shape index (κ3) is 4.98. The second kappa shape index (κ2) is 9.02. The van der Waals surface area contributed by atoms with Crippen molar-refractivity contribution in [3.8, 4) is 0 Å². The number of hydrogen-bond donors (Lipinski definition) is 2. The zero-order valence-corrected chi connectivity index (χ0v) is 16.7. The van der Waals surface area contributed by atoms with E-state index in [1.807, 2.05) is 54.3 Å². The summed E-state index contributed by atoms with van der Waals surface area (Å²) < 4.78 is 0. The van der Waals surface area contributed by atoms with Gasteiger partial charge >= 0.3 is 0 Å². The first-order chi connectivity index (χ1) is 13.4. The van der Waals surface area contributed by atoms with Crippen molar-refractivity contribution in [1.29, 1.82) is 0 Å². The molecule has 1 fully saturated rings. The SMILES string of the molecule is Cc1cc(C(=O)N2CCCC(C)C2)ccc1NC(=O)CC(N)c1ccccc1. The molecule has 0 saturated carbocycles. The molecule has 2 aromatic rings. The fourth-order valence-electron chi connectivity index (χ4n) is 3.71. The average Bonchev–Trinajstić information content (AvgIpc) is 2.69. The number of nitrogens with one attached hydrogen (secondary N) is 1. The van der Waals surface area contributed by atoms with Gasteiger partial charge < -0.3 is 16.0 Å². The predicted octanol–water partition coefficient (Wildman–Crippen LogP) is 3.90. The van der Waals surface area contributed by atoms with Gasteiger partial charge in [-0.3, -0.25) is 9.59 Å². The fraction of sp³-hybridized carbons (Fsp3) is 0.391. The molecular weight excluding hydrogens is 350 g/mol. The molecule has 1 heterocycles. The number of carbonyl (C=O) groups excluding carboxylic acids is 2. The Morgan fingerprint density at radius 1 is 1.21 bits per heavy atom. The van der Waals surface area contributed by atoms with Crippen LogP contribution in [-0.4, -0.2) is 29.8 Å². The summed E-state index contributed by atoms with van der Waals surface area (Å²) in [6, 6.07) is 14.7. The van der Waals surface area contributed by atoms with Crippen molar-refractivity contribution in [2.45, 2.75) is 39.2 Å². The first-order valence-electron chi connectivity index (χ1n) is 9.94. The molecule has 2 amide bonds. The maximum absolute atomic E-state index is 12.8. The fourth-order valence-corrected chi connectivity index (χ4v) is 3.71. The number of nitrogens with two attached hydrogens (primary N) is 1. The summed E-state index contributed by atoms with van der Waals surface area (Å²) in [6.45, 7) is 5.72. The Morgan fingerprint density at radius 3 is 2.64 bits per heavy atom. The van der Waals surface area contributed by atoms with E-state index in [0.717, 1.165) is 30.6 Å². The number of likely N-dealkylation sites (tertiary alicyclic amines) is 1. The van der Waals surface area contributed by atoms with Crippen LogP contribution in [0.25, 0.3) is 0 Å². The molecule has 148 valence electrons. The van der Waals surface area contributed by atoms with E-state index >= 15 is 0 Å². The van der Waals surface area contributed by atoms with Crippen LogP contribution in [0.5, 0.6) is 0 Å². The van der Waals surface area contributed by atoms with Crippen LogP contribution in [0.3, 0.4) is 0 Å². The summed E-state index contributed by atoms with van der Waals surface area (Å²) in [5.41, 5.74) is 9.33. The van der Waals surface area contributed by atoms with E-state index in [4.69, 9.17) is 5.73 Å². The van der Waals surface area contributed by atoms with Crippen LogP contribution in [0.1, 0.15) is 53.7 Å². The van der Waals surface area contributed by atoms with E-state index < -0.39 is 0 Å². The summed E-state index contributed by atoms with van der Waals surface area (Å²) in [5, 5.41) is 2.92. The van der Waals surface area contributed by atoms with Crippen LogP contribution in [0, 0.1) is 12.8 Å². The van der Waals surface area contributed by atoms with Gasteiger partial charge in [0.05, 0.1) is 0 Å². The van der Waals surface area contributed by atoms with Crippen LogP contribution < -0.4 is 11.1 Å². The minimum absolute atomic E-state index is 0.0682. The number of anilines is 1. The highest BCUT2D eigenvalue weighted by Crippen LogP contribution is 2.22. The lowest BCUT2D eigenvalue weighted by Crippen LogP contribution is -2.39. The highest BCUT2D eigenvalue weighted by molar-refractivity contribution is 5.96. The number of hydrogen-bond acceptors (Lipinski definition) is 3. The van der Waals surface area contributed by atoms with E-state index in [1.165, 1.54) is 6.42 Å². The smallest absolute Gasteiger partial charge is 0.253 e. The third-order valence-corrected chi connectivity index (χ3v) is 5.32. The molecule has 5 heteroatoms. The molecule has 3 rings (SSSR count). The Kier molecular flexibility index (Phi) is 6.47. The number of aryl methyl sites for hydroxylation is 1. The van der Waals surface area contributed by atoms with Crippen LogP contribution in [-0.2, 0) is 4.79 Å². The maximum Gasteiger partial charge on any atom is 0.253 e. The lowest BCUT2D eigenvalue weighted by molar-refractivity contribution is -0.116. The van der Waals surface area contributed by atoms with E-state index in [1.54, 1.807) is 6.07 Å². The topological polar surface area (TPSA) is 75.4 Å². The van der Waals surface area contributed by atoms with Crippen molar-refractivity contribution in [3.05, 3.63) is 65.2 Å². The lowest BCUT2D eigenvalue weighted by Gasteiger charge is -2.31. The van der Waals surface area contributed by atoms with E-state index in [9.17, 15) is 9.59 Å². The highest BCUT2D eigenvalue weighted by Gasteiger charge is 2.22. The van der Waals surface area contributed by atoms with Gasteiger partial charge in [-0.15, -0.1) is 0 Å². The average molecular weight is 380 g/mol. The quantitative estimate of drug-likeness (QED) is 0.827. The summed E-state index contributed by atoms with van der Waals surface area (Å²) >= 11 is 0. The summed E-state index contributed by atoms with van der Waals surface area (Å²) in [7, 11) is 0. The molecule has 0 spiro atoms. The zero-order chi connectivity index (χ0) is 20.1. The number of amides is 2. The van der Waals surface area contributed by atoms with Gasteiger partial charge in [-0.25, -0.2) is 0 Å². The Morgan fingerprint density at radius 2 is 1.96 bits per heavy atom. The lowest BCUT2D eigenvalue weighted by atomic mass is 9.99. The molecule has 0 aromatic heterocycles. The van der Waals surface area contributed by atoms with Gasteiger partial charge in [-0.1, -0.05) is 37.3 Å². The minimum Gasteiger partial charge on any atom is -0.338 e. The molecule has 2 unspecified atom stereocenters. The maximum atomic E-state index is 12.8. The number of rotatable bonds is 5. The van der Waals surface area contributed by atoms with Crippen molar-refractivity contribution in [2.24, 2.45) is 11.7 Å². The van der Waals surface area contributed by atoms with Crippen LogP contribution in [0.2, 0.25) is 0 Å². The van der Waals surface area contributed by atoms with Crippen molar-refractivity contribution in [2.75, 3.05) is 18.4 Å². The normalized spacial score (nSPS) is 17.8. The number of piperidine rings is 1. The number of nitrogens with zero attached hydrogens (tertiary/aromatic N) is 1. The van der Waals surface area contributed by atoms with Gasteiger partial charge in [-0.05, 0) is 55.0 Å². The van der Waals surface area contributed by atoms with Gasteiger partial charge in [0.2, 0.25) is 5.91 Å². The first-order valence-corrected chi connectivity index (χ1v) is 9.94. The zero-order valence-electron chi connectivity index (χ0n) is 16.7. The van der Waals surface area contributed by atoms with Crippen LogP contribution in [0.15, 0.2) is 48.5 Å². The van der Waals surface area contributed by atoms with E-state index in [2.05, 4.69) is 12.2 Å². The molecule has 2 atom stereocenters. The molecule has 5 nitrogen and oxygen atoms in total. The van der Waals surface area contributed by atoms with Crippen molar-refractivity contribution >= 4 is 17.5 Å².